The van der Waals surface area contributed by atoms with Crippen molar-refractivity contribution < 1.29 is 0 Å². The Morgan fingerprint density at radius 3 is 1.40 bits per heavy atom. The van der Waals surface area contributed by atoms with Crippen LogP contribution < -0.4 is 0 Å². The maximum atomic E-state index is 6.00. The fraction of sp³-hybridized carbons (Fsp3) is 0.600. The van der Waals surface area contributed by atoms with E-state index in [1.165, 1.54) is 0 Å². The lowest BCUT2D eigenvalue weighted by Crippen LogP contribution is -2.16. The van der Waals surface area contributed by atoms with Crippen LogP contribution >= 0.6 is 33.2 Å². The smallest absolute Gasteiger partial charge is 0.162 e. The van der Waals surface area contributed by atoms with E-state index in [2.05, 4.69) is 0 Å². The molecular weight excluding hydrogens is 223 g/mol. The maximum absolute atomic E-state index is 6.00. The van der Waals surface area contributed by atoms with Crippen molar-refractivity contribution in [2.75, 3.05) is 0 Å². The van der Waals surface area contributed by atoms with E-state index < -0.39 is 14.1 Å². The van der Waals surface area contributed by atoms with Crippen molar-refractivity contribution in [2.45, 2.75) is 19.6 Å². The molecular formula is C5H11Cl3Si2. The average Bonchev–Trinajstić information content (AvgIpc) is 1.57. The molecule has 0 amide bonds. The molecule has 0 radical (unpaired) electrons. The molecule has 0 saturated carbocycles. The number of hydrogen-bond donors (Lipinski definition) is 0. The van der Waals surface area contributed by atoms with Gasteiger partial charge in [-0.05, 0) is 6.55 Å². The first-order chi connectivity index (χ1) is 4.21. The lowest BCUT2D eigenvalue weighted by Gasteiger charge is -2.08. The summed E-state index contributed by atoms with van der Waals surface area (Å²) in [4.78, 5) is 0. The highest BCUT2D eigenvalue weighted by molar-refractivity contribution is 7.47. The molecule has 0 spiro atoms. The van der Waals surface area contributed by atoms with Crippen LogP contribution in [0.2, 0.25) is 19.6 Å². The van der Waals surface area contributed by atoms with Gasteiger partial charge in [0, 0.05) is 0 Å². The quantitative estimate of drug-likeness (QED) is 0.505. The van der Waals surface area contributed by atoms with E-state index in [0.29, 0.717) is 0 Å². The Labute approximate surface area is 78.3 Å². The van der Waals surface area contributed by atoms with Crippen molar-refractivity contribution in [1.29, 1.82) is 0 Å². The van der Waals surface area contributed by atoms with Crippen molar-refractivity contribution in [1.82, 2.24) is 0 Å². The number of halogens is 3. The number of rotatable bonds is 2. The van der Waals surface area contributed by atoms with E-state index in [1.54, 1.807) is 0 Å². The van der Waals surface area contributed by atoms with Crippen molar-refractivity contribution in [3.05, 3.63) is 11.4 Å². The van der Waals surface area contributed by atoms with Gasteiger partial charge in [0.2, 0.25) is 0 Å². The van der Waals surface area contributed by atoms with Crippen molar-refractivity contribution >= 4 is 47.3 Å². The van der Waals surface area contributed by atoms with E-state index in [9.17, 15) is 0 Å². The summed E-state index contributed by atoms with van der Waals surface area (Å²) < 4.78 is 0. The van der Waals surface area contributed by atoms with Gasteiger partial charge in [-0.25, -0.2) is 0 Å². The SMILES string of the molecule is C[Si](C)(Cl)C=C[Si](C)(Cl)Cl. The minimum atomic E-state index is -2.05. The van der Waals surface area contributed by atoms with Crippen molar-refractivity contribution in [3.8, 4) is 0 Å². The second kappa shape index (κ2) is 3.63. The second-order valence-corrected chi connectivity index (χ2v) is 16.8. The largest absolute Gasteiger partial charge is 0.270 e. The Morgan fingerprint density at radius 1 is 0.900 bits per heavy atom. The summed E-state index contributed by atoms with van der Waals surface area (Å²) in [5.74, 6) is 0. The molecule has 0 saturated heterocycles. The summed E-state index contributed by atoms with van der Waals surface area (Å²) in [6, 6.07) is 0. The molecule has 60 valence electrons. The first kappa shape index (κ1) is 11.0. The molecule has 0 nitrogen and oxygen atoms in total. The molecule has 0 aliphatic heterocycles. The first-order valence-electron chi connectivity index (χ1n) is 2.98. The normalized spacial score (nSPS) is 14.6. The lowest BCUT2D eigenvalue weighted by atomic mass is 11.2. The Morgan fingerprint density at radius 2 is 1.30 bits per heavy atom. The van der Waals surface area contributed by atoms with Gasteiger partial charge in [0.15, 0.2) is 7.38 Å². The van der Waals surface area contributed by atoms with Crippen LogP contribution in [0.3, 0.4) is 0 Å². The van der Waals surface area contributed by atoms with Crippen LogP contribution in [0.4, 0.5) is 0 Å². The zero-order valence-electron chi connectivity index (χ0n) is 6.29. The molecule has 10 heavy (non-hydrogen) atoms. The molecule has 0 bridgehead atoms. The van der Waals surface area contributed by atoms with Gasteiger partial charge in [0.25, 0.3) is 6.69 Å². The molecule has 0 aromatic heterocycles. The van der Waals surface area contributed by atoms with E-state index in [-0.39, 0.29) is 0 Å². The molecule has 0 unspecified atom stereocenters. The third-order valence-corrected chi connectivity index (χ3v) is 3.95. The second-order valence-electron chi connectivity index (χ2n) is 2.85. The van der Waals surface area contributed by atoms with Crippen LogP contribution in [-0.2, 0) is 0 Å². The molecule has 0 aliphatic carbocycles. The molecule has 0 rings (SSSR count). The summed E-state index contributed by atoms with van der Waals surface area (Å²) in [6.45, 7) is 3.85. The van der Waals surface area contributed by atoms with Crippen LogP contribution in [0.1, 0.15) is 0 Å². The number of hydrogen-bond acceptors (Lipinski definition) is 0. The average molecular weight is 234 g/mol. The summed E-state index contributed by atoms with van der Waals surface area (Å²) in [7, 11) is -1.61. The highest BCUT2D eigenvalue weighted by Crippen LogP contribution is 2.18. The van der Waals surface area contributed by atoms with Gasteiger partial charge in [-0.1, -0.05) is 24.5 Å². The molecule has 0 N–H and O–H groups in total. The van der Waals surface area contributed by atoms with Gasteiger partial charge in [0.05, 0.1) is 0 Å². The van der Waals surface area contributed by atoms with Gasteiger partial charge in [0.1, 0.15) is 0 Å². The molecule has 5 heteroatoms. The Bertz CT molecular complexity index is 115. The fourth-order valence-corrected chi connectivity index (χ4v) is 4.80. The molecule has 0 aliphatic rings. The zero-order chi connectivity index (χ0) is 8.41. The molecule has 0 aromatic carbocycles. The summed E-state index contributed by atoms with van der Waals surface area (Å²) in [5.41, 5.74) is 3.84. The first-order valence-corrected chi connectivity index (χ1v) is 11.7. The van der Waals surface area contributed by atoms with Crippen LogP contribution in [0.15, 0.2) is 11.4 Å². The van der Waals surface area contributed by atoms with E-state index in [1.807, 2.05) is 31.0 Å². The van der Waals surface area contributed by atoms with Gasteiger partial charge in [-0.3, -0.25) is 0 Å². The summed E-state index contributed by atoms with van der Waals surface area (Å²) in [6.07, 6.45) is 0. The fourth-order valence-electron chi connectivity index (χ4n) is 0.344. The third-order valence-electron chi connectivity index (χ3n) is 0.772. The Balaban J connectivity index is 4.01. The van der Waals surface area contributed by atoms with E-state index >= 15 is 0 Å². The molecule has 0 heterocycles. The van der Waals surface area contributed by atoms with E-state index in [0.717, 1.165) is 0 Å². The Kier molecular flexibility index (Phi) is 4.01. The highest BCUT2D eigenvalue weighted by atomic mass is 35.7. The third kappa shape index (κ3) is 9.04. The Hall–Kier alpha value is 1.04. The maximum Gasteiger partial charge on any atom is 0.270 e. The van der Waals surface area contributed by atoms with Crippen LogP contribution in [0.5, 0.6) is 0 Å². The summed E-state index contributed by atoms with van der Waals surface area (Å²) in [5, 5.41) is 0. The predicted octanol–water partition coefficient (Wildman–Crippen LogP) is 3.61. The predicted molar refractivity (Wildman–Crippen MR) is 55.8 cm³/mol. The standard InChI is InChI=1S/C5H11Cl3Si2/c1-9(2,6)4-5-10(3,7)8/h4-5H,1-3H3. The zero-order valence-corrected chi connectivity index (χ0v) is 10.6. The molecule has 0 atom stereocenters. The topological polar surface area (TPSA) is 0 Å². The lowest BCUT2D eigenvalue weighted by molar-refractivity contribution is 1.94. The van der Waals surface area contributed by atoms with Crippen molar-refractivity contribution in [2.24, 2.45) is 0 Å². The summed E-state index contributed by atoms with van der Waals surface area (Å²) >= 11 is 17.6. The molecule has 0 aromatic rings. The minimum absolute atomic E-state index is 1.61. The van der Waals surface area contributed by atoms with Gasteiger partial charge < -0.3 is 0 Å². The van der Waals surface area contributed by atoms with Gasteiger partial charge >= 0.3 is 0 Å². The van der Waals surface area contributed by atoms with Crippen molar-refractivity contribution in [3.63, 3.8) is 0 Å². The minimum Gasteiger partial charge on any atom is -0.162 e. The van der Waals surface area contributed by atoms with Gasteiger partial charge in [-0.15, -0.1) is 22.2 Å². The van der Waals surface area contributed by atoms with E-state index in [4.69, 9.17) is 33.2 Å². The highest BCUT2D eigenvalue weighted by Gasteiger charge is 2.19. The molecule has 0 fully saturated rings. The van der Waals surface area contributed by atoms with Gasteiger partial charge in [-0.2, -0.15) is 11.1 Å². The van der Waals surface area contributed by atoms with Crippen LogP contribution in [0, 0.1) is 0 Å². The van der Waals surface area contributed by atoms with Crippen LogP contribution in [-0.4, -0.2) is 14.1 Å². The van der Waals surface area contributed by atoms with Crippen LogP contribution in [0.25, 0.3) is 0 Å². The monoisotopic (exact) mass is 232 g/mol.